The number of hydrogen-bond donors (Lipinski definition) is 2. The molecule has 3 N–H and O–H groups in total. The van der Waals surface area contributed by atoms with Crippen LogP contribution in [0.3, 0.4) is 0 Å². The summed E-state index contributed by atoms with van der Waals surface area (Å²) in [5.41, 5.74) is 2.72. The molecule has 1 aromatic carbocycles. The molecule has 1 aromatic heterocycles. The van der Waals surface area contributed by atoms with Crippen LogP contribution in [0.15, 0.2) is 46.2 Å². The Kier molecular flexibility index (Phi) is 4.13. The third kappa shape index (κ3) is 3.28. The molecule has 0 amide bonds. The molecule has 0 spiro atoms. The van der Waals surface area contributed by atoms with Gasteiger partial charge in [0, 0.05) is 42.7 Å². The topological polar surface area (TPSA) is 77.1 Å². The number of benzene rings is 1. The minimum absolute atomic E-state index is 0.0604. The van der Waals surface area contributed by atoms with Crippen molar-refractivity contribution in [3.8, 4) is 11.1 Å². The number of aryl methyl sites for hydroxylation is 1. The van der Waals surface area contributed by atoms with Gasteiger partial charge in [-0.3, -0.25) is 4.79 Å². The van der Waals surface area contributed by atoms with E-state index < -0.39 is 11.0 Å². The van der Waals surface area contributed by atoms with Crippen LogP contribution in [-0.2, 0) is 18.0 Å². The van der Waals surface area contributed by atoms with Crippen LogP contribution in [0.4, 0.5) is 5.69 Å². The van der Waals surface area contributed by atoms with Gasteiger partial charge in [-0.25, -0.2) is 9.35 Å². The number of nitrogens with two attached hydrogens (primary N) is 1. The molecular formula is C16H19N3O2S. The van der Waals surface area contributed by atoms with Crippen LogP contribution in [0.1, 0.15) is 12.8 Å². The molecule has 1 aliphatic carbocycles. The van der Waals surface area contributed by atoms with Crippen molar-refractivity contribution in [3.63, 3.8) is 0 Å². The lowest BCUT2D eigenvalue weighted by atomic mass is 10.1. The summed E-state index contributed by atoms with van der Waals surface area (Å²) in [7, 11) is 0.189. The van der Waals surface area contributed by atoms with Crippen LogP contribution in [0, 0.1) is 5.92 Å². The van der Waals surface area contributed by atoms with E-state index >= 15 is 0 Å². The zero-order chi connectivity index (χ0) is 15.7. The van der Waals surface area contributed by atoms with Gasteiger partial charge in [0.25, 0.3) is 0 Å². The molecule has 116 valence electrons. The lowest BCUT2D eigenvalue weighted by Crippen LogP contribution is -2.14. The van der Waals surface area contributed by atoms with Crippen LogP contribution in [-0.4, -0.2) is 15.3 Å². The highest BCUT2D eigenvalue weighted by molar-refractivity contribution is 7.82. The summed E-state index contributed by atoms with van der Waals surface area (Å²) in [6.45, 7) is 0.934. The summed E-state index contributed by atoms with van der Waals surface area (Å²) in [4.78, 5) is 12.1. The Hall–Kier alpha value is -1.92. The second-order valence-electron chi connectivity index (χ2n) is 5.70. The molecule has 5 nitrogen and oxygen atoms in total. The SMILES string of the molecule is Cn1cc(-c2cc(S(N)=O)ccc2NCC2CC2)ccc1=O. The minimum atomic E-state index is -1.53. The average molecular weight is 317 g/mol. The third-order valence-corrected chi connectivity index (χ3v) is 4.62. The van der Waals surface area contributed by atoms with Gasteiger partial charge in [0.15, 0.2) is 0 Å². The first-order valence-electron chi connectivity index (χ1n) is 7.26. The largest absolute Gasteiger partial charge is 0.384 e. The molecule has 2 aromatic rings. The summed E-state index contributed by atoms with van der Waals surface area (Å²) in [6, 6.07) is 8.82. The molecule has 1 fully saturated rings. The first kappa shape index (κ1) is 15.0. The molecule has 6 heteroatoms. The van der Waals surface area contributed by atoms with E-state index in [2.05, 4.69) is 5.32 Å². The first-order chi connectivity index (χ1) is 10.5. The fraction of sp³-hybridized carbons (Fsp3) is 0.312. The van der Waals surface area contributed by atoms with Crippen LogP contribution in [0.2, 0.25) is 0 Å². The maximum Gasteiger partial charge on any atom is 0.250 e. The summed E-state index contributed by atoms with van der Waals surface area (Å²) >= 11 is 0. The highest BCUT2D eigenvalue weighted by atomic mass is 32.2. The molecule has 3 rings (SSSR count). The van der Waals surface area contributed by atoms with Crippen LogP contribution >= 0.6 is 0 Å². The number of pyridine rings is 1. The van der Waals surface area contributed by atoms with Gasteiger partial charge < -0.3 is 9.88 Å². The van der Waals surface area contributed by atoms with Gasteiger partial charge >= 0.3 is 0 Å². The maximum absolute atomic E-state index is 11.6. The Morgan fingerprint density at radius 2 is 2.09 bits per heavy atom. The number of nitrogens with one attached hydrogen (secondary N) is 1. The van der Waals surface area contributed by atoms with E-state index in [0.717, 1.165) is 29.3 Å². The Bertz CT molecular complexity index is 781. The first-order valence-corrected chi connectivity index (χ1v) is 8.47. The van der Waals surface area contributed by atoms with Crippen molar-refractivity contribution in [1.82, 2.24) is 4.57 Å². The number of hydrogen-bond acceptors (Lipinski definition) is 3. The Morgan fingerprint density at radius 1 is 1.32 bits per heavy atom. The van der Waals surface area contributed by atoms with Crippen molar-refractivity contribution in [2.45, 2.75) is 17.7 Å². The van der Waals surface area contributed by atoms with E-state index in [1.54, 1.807) is 25.4 Å². The van der Waals surface area contributed by atoms with Crippen molar-refractivity contribution in [2.75, 3.05) is 11.9 Å². The Morgan fingerprint density at radius 3 is 2.73 bits per heavy atom. The van der Waals surface area contributed by atoms with Gasteiger partial charge in [0.1, 0.15) is 11.0 Å². The van der Waals surface area contributed by atoms with Gasteiger partial charge in [-0.05, 0) is 43.0 Å². The van der Waals surface area contributed by atoms with Gasteiger partial charge in [-0.1, -0.05) is 0 Å². The van der Waals surface area contributed by atoms with E-state index in [9.17, 15) is 9.00 Å². The minimum Gasteiger partial charge on any atom is -0.384 e. The van der Waals surface area contributed by atoms with Gasteiger partial charge in [0.05, 0.1) is 4.90 Å². The normalized spacial score (nSPS) is 15.5. The number of nitrogens with zero attached hydrogens (tertiary/aromatic N) is 1. The predicted octanol–water partition coefficient (Wildman–Crippen LogP) is 1.86. The van der Waals surface area contributed by atoms with Gasteiger partial charge in [0.2, 0.25) is 5.56 Å². The molecule has 22 heavy (non-hydrogen) atoms. The molecule has 0 bridgehead atoms. The zero-order valence-corrected chi connectivity index (χ0v) is 13.2. The Balaban J connectivity index is 2.03. The molecule has 0 radical (unpaired) electrons. The second-order valence-corrected chi connectivity index (χ2v) is 6.76. The molecule has 0 saturated heterocycles. The lowest BCUT2D eigenvalue weighted by molar-refractivity contribution is 0.684. The fourth-order valence-corrected chi connectivity index (χ4v) is 2.81. The predicted molar refractivity (Wildman–Crippen MR) is 88.9 cm³/mol. The summed E-state index contributed by atoms with van der Waals surface area (Å²) in [5.74, 6) is 0.747. The lowest BCUT2D eigenvalue weighted by Gasteiger charge is -2.14. The molecule has 1 atom stereocenters. The zero-order valence-electron chi connectivity index (χ0n) is 12.4. The van der Waals surface area contributed by atoms with Crippen LogP contribution in [0.25, 0.3) is 11.1 Å². The summed E-state index contributed by atoms with van der Waals surface area (Å²) < 4.78 is 13.1. The molecular weight excluding hydrogens is 298 g/mol. The van der Waals surface area contributed by atoms with E-state index in [4.69, 9.17) is 5.14 Å². The highest BCUT2D eigenvalue weighted by Gasteiger charge is 2.21. The van der Waals surface area contributed by atoms with Gasteiger partial charge in [-0.15, -0.1) is 0 Å². The third-order valence-electron chi connectivity index (χ3n) is 3.90. The van der Waals surface area contributed by atoms with Crippen molar-refractivity contribution >= 4 is 16.7 Å². The van der Waals surface area contributed by atoms with Crippen LogP contribution < -0.4 is 16.0 Å². The van der Waals surface area contributed by atoms with E-state index in [-0.39, 0.29) is 5.56 Å². The molecule has 1 saturated carbocycles. The van der Waals surface area contributed by atoms with Crippen molar-refractivity contribution in [1.29, 1.82) is 0 Å². The van der Waals surface area contributed by atoms with E-state index in [1.165, 1.54) is 23.5 Å². The average Bonchev–Trinajstić information content (AvgIpc) is 3.32. The monoisotopic (exact) mass is 317 g/mol. The standard InChI is InChI=1S/C16H19N3O2S/c1-19-10-12(4-7-16(19)20)14-8-13(22(17)21)5-6-15(14)18-9-11-2-3-11/h4-8,10-11,18H,2-3,9,17H2,1H3. The number of anilines is 1. The fourth-order valence-electron chi connectivity index (χ4n) is 2.37. The van der Waals surface area contributed by atoms with E-state index in [0.29, 0.717) is 4.90 Å². The number of aromatic nitrogens is 1. The second kappa shape index (κ2) is 6.06. The van der Waals surface area contributed by atoms with Crippen molar-refractivity contribution < 1.29 is 4.21 Å². The molecule has 1 unspecified atom stereocenters. The highest BCUT2D eigenvalue weighted by Crippen LogP contribution is 2.33. The van der Waals surface area contributed by atoms with Gasteiger partial charge in [-0.2, -0.15) is 0 Å². The molecule has 1 heterocycles. The van der Waals surface area contributed by atoms with Crippen molar-refractivity contribution in [2.24, 2.45) is 18.1 Å². The van der Waals surface area contributed by atoms with Crippen LogP contribution in [0.5, 0.6) is 0 Å². The van der Waals surface area contributed by atoms with E-state index in [1.807, 2.05) is 12.1 Å². The Labute approximate surface area is 131 Å². The maximum atomic E-state index is 11.6. The quantitative estimate of drug-likeness (QED) is 0.883. The van der Waals surface area contributed by atoms with Crippen molar-refractivity contribution in [3.05, 3.63) is 46.9 Å². The number of rotatable bonds is 5. The molecule has 1 aliphatic rings. The summed E-state index contributed by atoms with van der Waals surface area (Å²) in [5, 5.41) is 8.94. The summed E-state index contributed by atoms with van der Waals surface area (Å²) in [6.07, 6.45) is 4.32. The molecule has 0 aliphatic heterocycles. The smallest absolute Gasteiger partial charge is 0.250 e.